The highest BCUT2D eigenvalue weighted by Gasteiger charge is 2.09. The van der Waals surface area contributed by atoms with E-state index in [1.807, 2.05) is 18.2 Å². The van der Waals surface area contributed by atoms with Crippen LogP contribution >= 0.6 is 0 Å². The van der Waals surface area contributed by atoms with E-state index >= 15 is 0 Å². The molecule has 126 valence electrons. The predicted molar refractivity (Wildman–Crippen MR) is 97.3 cm³/mol. The molecule has 23 heavy (non-hydrogen) atoms. The maximum absolute atomic E-state index is 5.49. The fourth-order valence-electron chi connectivity index (χ4n) is 2.97. The van der Waals surface area contributed by atoms with Crippen molar-refractivity contribution >= 4 is 0 Å². The summed E-state index contributed by atoms with van der Waals surface area (Å²) in [5, 5.41) is 3.63. The van der Waals surface area contributed by atoms with Crippen molar-refractivity contribution in [3.05, 3.63) is 48.3 Å². The summed E-state index contributed by atoms with van der Waals surface area (Å²) in [6.45, 7) is 6.53. The van der Waals surface area contributed by atoms with E-state index < -0.39 is 0 Å². The van der Waals surface area contributed by atoms with Gasteiger partial charge in [-0.2, -0.15) is 0 Å². The fraction of sp³-hybridized carbons (Fsp3) is 0.500. The molecule has 2 aromatic rings. The lowest BCUT2D eigenvalue weighted by molar-refractivity contribution is 0.410. The summed E-state index contributed by atoms with van der Waals surface area (Å²) < 4.78 is 7.69. The van der Waals surface area contributed by atoms with E-state index in [4.69, 9.17) is 4.74 Å². The van der Waals surface area contributed by atoms with Crippen molar-refractivity contribution in [1.29, 1.82) is 0 Å². The number of methoxy groups -OCH3 is 1. The summed E-state index contributed by atoms with van der Waals surface area (Å²) in [5.74, 6) is 1.68. The van der Waals surface area contributed by atoms with Gasteiger partial charge in [-0.25, -0.2) is 0 Å². The Morgan fingerprint density at radius 1 is 1.13 bits per heavy atom. The maximum Gasteiger partial charge on any atom is 0.142 e. The molecule has 0 amide bonds. The van der Waals surface area contributed by atoms with Crippen LogP contribution in [-0.2, 0) is 6.54 Å². The molecule has 0 spiro atoms. The summed E-state index contributed by atoms with van der Waals surface area (Å²) in [5.41, 5.74) is 2.36. The minimum absolute atomic E-state index is 0.782. The molecule has 1 heterocycles. The second kappa shape index (κ2) is 9.41. The van der Waals surface area contributed by atoms with Crippen LogP contribution in [0.5, 0.6) is 5.75 Å². The summed E-state index contributed by atoms with van der Waals surface area (Å²) in [6, 6.07) is 12.4. The van der Waals surface area contributed by atoms with Crippen LogP contribution < -0.4 is 10.1 Å². The SMILES string of the molecule is CCCCC(CC)CNCc1cccn1-c1ccccc1OC. The molecule has 0 aliphatic rings. The van der Waals surface area contributed by atoms with Crippen LogP contribution in [0, 0.1) is 5.92 Å². The monoisotopic (exact) mass is 314 g/mol. The van der Waals surface area contributed by atoms with Gasteiger partial charge in [-0.1, -0.05) is 45.2 Å². The van der Waals surface area contributed by atoms with Crippen molar-refractivity contribution in [3.63, 3.8) is 0 Å². The van der Waals surface area contributed by atoms with Crippen LogP contribution in [0.1, 0.15) is 45.2 Å². The molecule has 3 heteroatoms. The number of nitrogens with one attached hydrogen (secondary N) is 1. The molecule has 0 aliphatic heterocycles. The first-order valence-electron chi connectivity index (χ1n) is 8.80. The molecule has 1 unspecified atom stereocenters. The average molecular weight is 314 g/mol. The molecular formula is C20H30N2O. The topological polar surface area (TPSA) is 26.2 Å². The summed E-state index contributed by atoms with van der Waals surface area (Å²) in [7, 11) is 1.72. The Morgan fingerprint density at radius 3 is 2.70 bits per heavy atom. The van der Waals surface area contributed by atoms with Gasteiger partial charge in [0.25, 0.3) is 0 Å². The normalized spacial score (nSPS) is 12.3. The van der Waals surface area contributed by atoms with Crippen LogP contribution in [0.4, 0.5) is 0 Å². The second-order valence-corrected chi connectivity index (χ2v) is 6.09. The minimum Gasteiger partial charge on any atom is -0.495 e. The van der Waals surface area contributed by atoms with Crippen molar-refractivity contribution < 1.29 is 4.74 Å². The highest BCUT2D eigenvalue weighted by molar-refractivity contribution is 5.48. The molecule has 1 N–H and O–H groups in total. The lowest BCUT2D eigenvalue weighted by Gasteiger charge is -2.17. The molecule has 0 aliphatic carbocycles. The van der Waals surface area contributed by atoms with Crippen LogP contribution in [0.25, 0.3) is 5.69 Å². The first kappa shape index (κ1) is 17.6. The number of rotatable bonds is 10. The van der Waals surface area contributed by atoms with E-state index in [9.17, 15) is 0 Å². The smallest absolute Gasteiger partial charge is 0.142 e. The lowest BCUT2D eigenvalue weighted by atomic mass is 9.99. The van der Waals surface area contributed by atoms with Crippen molar-refractivity contribution in [3.8, 4) is 11.4 Å². The van der Waals surface area contributed by atoms with Gasteiger partial charge in [-0.3, -0.25) is 0 Å². The first-order valence-corrected chi connectivity index (χ1v) is 8.80. The second-order valence-electron chi connectivity index (χ2n) is 6.09. The van der Waals surface area contributed by atoms with Gasteiger partial charge < -0.3 is 14.6 Å². The van der Waals surface area contributed by atoms with E-state index in [2.05, 4.69) is 48.1 Å². The van der Waals surface area contributed by atoms with Crippen LogP contribution in [0.3, 0.4) is 0 Å². The fourth-order valence-corrected chi connectivity index (χ4v) is 2.97. The van der Waals surface area contributed by atoms with E-state index in [0.717, 1.165) is 30.4 Å². The Bertz CT molecular complexity index is 577. The molecule has 0 fully saturated rings. The van der Waals surface area contributed by atoms with Crippen LogP contribution in [0.2, 0.25) is 0 Å². The molecule has 0 saturated heterocycles. The molecule has 1 aromatic heterocycles. The van der Waals surface area contributed by atoms with Gasteiger partial charge in [0.05, 0.1) is 12.8 Å². The number of hydrogen-bond acceptors (Lipinski definition) is 2. The Hall–Kier alpha value is -1.74. The molecule has 0 saturated carbocycles. The van der Waals surface area contributed by atoms with Gasteiger partial charge in [0, 0.05) is 18.4 Å². The van der Waals surface area contributed by atoms with Gasteiger partial charge in [0.1, 0.15) is 5.75 Å². The lowest BCUT2D eigenvalue weighted by Crippen LogP contribution is -2.23. The zero-order chi connectivity index (χ0) is 16.5. The average Bonchev–Trinajstić information content (AvgIpc) is 3.06. The maximum atomic E-state index is 5.49. The highest BCUT2D eigenvalue weighted by Crippen LogP contribution is 2.24. The standard InChI is InChI=1S/C20H30N2O/c1-4-6-10-17(5-2)15-21-16-18-11-9-14-22(18)19-12-7-8-13-20(19)23-3/h7-9,11-14,17,21H,4-6,10,15-16H2,1-3H3. The molecule has 3 nitrogen and oxygen atoms in total. The Morgan fingerprint density at radius 2 is 1.96 bits per heavy atom. The number of aromatic nitrogens is 1. The van der Waals surface area contributed by atoms with E-state index in [1.54, 1.807) is 7.11 Å². The summed E-state index contributed by atoms with van der Waals surface area (Å²) in [4.78, 5) is 0. The number of para-hydroxylation sites is 2. The minimum atomic E-state index is 0.782. The van der Waals surface area contributed by atoms with E-state index in [0.29, 0.717) is 0 Å². The largest absolute Gasteiger partial charge is 0.495 e. The van der Waals surface area contributed by atoms with Gasteiger partial charge in [-0.05, 0) is 43.1 Å². The highest BCUT2D eigenvalue weighted by atomic mass is 16.5. The van der Waals surface area contributed by atoms with Crippen LogP contribution in [-0.4, -0.2) is 18.2 Å². The zero-order valence-corrected chi connectivity index (χ0v) is 14.7. The number of unbranched alkanes of at least 4 members (excludes halogenated alkanes) is 1. The van der Waals surface area contributed by atoms with Gasteiger partial charge >= 0.3 is 0 Å². The Kier molecular flexibility index (Phi) is 7.21. The number of nitrogens with zero attached hydrogens (tertiary/aromatic N) is 1. The molecule has 1 aromatic carbocycles. The third kappa shape index (κ3) is 4.87. The van der Waals surface area contributed by atoms with E-state index in [1.165, 1.54) is 31.4 Å². The van der Waals surface area contributed by atoms with Gasteiger partial charge in [0.15, 0.2) is 0 Å². The number of ether oxygens (including phenoxy) is 1. The third-order valence-electron chi connectivity index (χ3n) is 4.46. The summed E-state index contributed by atoms with van der Waals surface area (Å²) in [6.07, 6.45) is 7.29. The summed E-state index contributed by atoms with van der Waals surface area (Å²) >= 11 is 0. The predicted octanol–water partition coefficient (Wildman–Crippen LogP) is 4.79. The molecule has 2 rings (SSSR count). The number of benzene rings is 1. The molecular weight excluding hydrogens is 284 g/mol. The third-order valence-corrected chi connectivity index (χ3v) is 4.46. The van der Waals surface area contributed by atoms with Crippen molar-refractivity contribution in [2.24, 2.45) is 5.92 Å². The van der Waals surface area contributed by atoms with Crippen molar-refractivity contribution in [1.82, 2.24) is 9.88 Å². The molecule has 0 radical (unpaired) electrons. The van der Waals surface area contributed by atoms with Crippen molar-refractivity contribution in [2.45, 2.75) is 46.1 Å². The van der Waals surface area contributed by atoms with E-state index in [-0.39, 0.29) is 0 Å². The first-order chi connectivity index (χ1) is 11.3. The Labute approximate surface area is 140 Å². The molecule has 1 atom stereocenters. The van der Waals surface area contributed by atoms with Gasteiger partial charge in [0.2, 0.25) is 0 Å². The van der Waals surface area contributed by atoms with Crippen molar-refractivity contribution in [2.75, 3.05) is 13.7 Å². The van der Waals surface area contributed by atoms with Crippen LogP contribution in [0.15, 0.2) is 42.6 Å². The molecule has 0 bridgehead atoms. The number of hydrogen-bond donors (Lipinski definition) is 1. The Balaban J connectivity index is 1.99. The quantitative estimate of drug-likeness (QED) is 0.682. The zero-order valence-electron chi connectivity index (χ0n) is 14.7. The van der Waals surface area contributed by atoms with Gasteiger partial charge in [-0.15, -0.1) is 0 Å².